The third-order valence-electron chi connectivity index (χ3n) is 7.34. The zero-order valence-corrected chi connectivity index (χ0v) is 24.1. The van der Waals surface area contributed by atoms with E-state index in [4.69, 9.17) is 15.2 Å². The molecule has 2 aromatic carbocycles. The molecule has 2 aliphatic rings. The maximum atomic E-state index is 13.6. The number of nitrogens with one attached hydrogen (secondary N) is 1. The molecule has 3 amide bonds. The number of aromatic hydroxyl groups is 1. The van der Waals surface area contributed by atoms with E-state index in [9.17, 15) is 24.3 Å². The molecule has 0 unspecified atom stereocenters. The van der Waals surface area contributed by atoms with Gasteiger partial charge in [0.15, 0.2) is 0 Å². The second-order valence-corrected chi connectivity index (χ2v) is 10.8. The summed E-state index contributed by atoms with van der Waals surface area (Å²) in [7, 11) is 1.72. The lowest BCUT2D eigenvalue weighted by Gasteiger charge is -2.20. The highest BCUT2D eigenvalue weighted by Gasteiger charge is 2.40. The largest absolute Gasteiger partial charge is 0.508 e. The molecule has 0 bridgehead atoms. The second-order valence-electron chi connectivity index (χ2n) is 10.8. The van der Waals surface area contributed by atoms with E-state index in [1.165, 1.54) is 24.3 Å². The van der Waals surface area contributed by atoms with Crippen molar-refractivity contribution in [3.8, 4) is 5.75 Å². The van der Waals surface area contributed by atoms with Gasteiger partial charge in [-0.25, -0.2) is 19.5 Å². The first kappa shape index (κ1) is 29.4. The third kappa shape index (κ3) is 6.69. The van der Waals surface area contributed by atoms with Crippen molar-refractivity contribution in [2.75, 3.05) is 6.79 Å². The van der Waals surface area contributed by atoms with Crippen LogP contribution in [0.4, 0.5) is 10.5 Å². The molecule has 12 heteroatoms. The Bertz CT molecular complexity index is 1620. The maximum absolute atomic E-state index is 13.6. The van der Waals surface area contributed by atoms with E-state index in [1.807, 2.05) is 13.0 Å². The number of benzene rings is 2. The van der Waals surface area contributed by atoms with Crippen LogP contribution in [0.1, 0.15) is 73.6 Å². The van der Waals surface area contributed by atoms with E-state index in [0.29, 0.717) is 35.3 Å². The average Bonchev–Trinajstić information content (AvgIpc) is 3.90. The number of carbonyl (C=O) groups excluding carboxylic acids is 4. The summed E-state index contributed by atoms with van der Waals surface area (Å²) in [5.41, 5.74) is 9.69. The van der Waals surface area contributed by atoms with Gasteiger partial charge in [-0.15, -0.1) is 0 Å². The van der Waals surface area contributed by atoms with Crippen molar-refractivity contribution in [2.45, 2.75) is 51.6 Å². The number of amidine groups is 1. The number of phenolic OH excluding ortho intramolecular Hbond substituents is 1. The molecule has 224 valence electrons. The fraction of sp³-hybridized carbons (Fsp3) is 0.323. The van der Waals surface area contributed by atoms with Gasteiger partial charge in [-0.05, 0) is 87.1 Å². The van der Waals surface area contributed by atoms with Crippen LogP contribution in [0.15, 0.2) is 53.7 Å². The Hall–Kier alpha value is -5.13. The molecular formula is C31H33N5O7. The molecule has 0 aliphatic heterocycles. The van der Waals surface area contributed by atoms with E-state index >= 15 is 0 Å². The van der Waals surface area contributed by atoms with Gasteiger partial charge in [0.05, 0.1) is 22.5 Å². The number of carbonyl (C=O) groups is 4. The summed E-state index contributed by atoms with van der Waals surface area (Å²) < 4.78 is 11.8. The molecule has 1 aromatic heterocycles. The van der Waals surface area contributed by atoms with Crippen molar-refractivity contribution < 1.29 is 33.8 Å². The van der Waals surface area contributed by atoms with E-state index in [0.717, 1.165) is 23.3 Å². The number of nitrogens with zero attached hydrogens (tertiary/aromatic N) is 3. The second kappa shape index (κ2) is 12.0. The first-order valence-corrected chi connectivity index (χ1v) is 13.9. The summed E-state index contributed by atoms with van der Waals surface area (Å²) >= 11 is 0. The number of esters is 1. The molecule has 0 spiro atoms. The van der Waals surface area contributed by atoms with Gasteiger partial charge in [0.25, 0.3) is 11.8 Å². The Labute approximate surface area is 248 Å². The summed E-state index contributed by atoms with van der Waals surface area (Å²) in [6.45, 7) is 2.89. The number of hydrogen-bond acceptors (Lipinski definition) is 8. The number of rotatable bonds is 9. The van der Waals surface area contributed by atoms with E-state index in [-0.39, 0.29) is 40.7 Å². The fourth-order valence-electron chi connectivity index (χ4n) is 4.63. The highest BCUT2D eigenvalue weighted by molar-refractivity contribution is 6.08. The predicted octanol–water partition coefficient (Wildman–Crippen LogP) is 3.83. The first-order chi connectivity index (χ1) is 20.5. The molecule has 0 saturated heterocycles. The van der Waals surface area contributed by atoms with Crippen molar-refractivity contribution in [3.63, 3.8) is 0 Å². The standard InChI is InChI=1S/C31H33N5O7/c1-17-4-5-20(28(38)33-21-8-9-21)14-25(17)34-27(32)26-18(2)24(15-35(26)3)29(39)36(22-10-11-22)31(41)43-16-42-30(40)19-6-12-23(37)13-7-19/h4-7,12-15,21-22,37H,8-11,16H2,1-3H3,(H2,32,34)(H,33,38). The van der Waals surface area contributed by atoms with E-state index in [1.54, 1.807) is 36.9 Å². The summed E-state index contributed by atoms with van der Waals surface area (Å²) in [6.07, 6.45) is 3.85. The Morgan fingerprint density at radius 2 is 1.70 bits per heavy atom. The number of imide groups is 1. The zero-order chi connectivity index (χ0) is 30.8. The van der Waals surface area contributed by atoms with Crippen molar-refractivity contribution in [1.82, 2.24) is 14.8 Å². The quantitative estimate of drug-likeness (QED) is 0.147. The van der Waals surface area contributed by atoms with Gasteiger partial charge >= 0.3 is 12.1 Å². The molecule has 0 atom stereocenters. The van der Waals surface area contributed by atoms with Crippen molar-refractivity contribution in [1.29, 1.82) is 0 Å². The van der Waals surface area contributed by atoms with Gasteiger partial charge in [0, 0.05) is 30.9 Å². The van der Waals surface area contributed by atoms with Crippen molar-refractivity contribution in [2.24, 2.45) is 17.8 Å². The zero-order valence-electron chi connectivity index (χ0n) is 24.1. The molecule has 5 rings (SSSR count). The summed E-state index contributed by atoms with van der Waals surface area (Å²) in [4.78, 5) is 56.9. The smallest absolute Gasteiger partial charge is 0.419 e. The van der Waals surface area contributed by atoms with Gasteiger partial charge in [0.2, 0.25) is 6.79 Å². The molecule has 4 N–H and O–H groups in total. The minimum absolute atomic E-state index is 0.00791. The summed E-state index contributed by atoms with van der Waals surface area (Å²) in [5.74, 6) is -1.35. The number of aryl methyl sites for hydroxylation is 2. The topological polar surface area (TPSA) is 166 Å². The van der Waals surface area contributed by atoms with Crippen LogP contribution in [0, 0.1) is 13.8 Å². The maximum Gasteiger partial charge on any atom is 0.419 e. The van der Waals surface area contributed by atoms with Crippen LogP contribution < -0.4 is 11.1 Å². The molecule has 1 heterocycles. The molecule has 0 radical (unpaired) electrons. The van der Waals surface area contributed by atoms with Crippen LogP contribution in [0.5, 0.6) is 5.75 Å². The molecular weight excluding hydrogens is 554 g/mol. The molecule has 43 heavy (non-hydrogen) atoms. The van der Waals surface area contributed by atoms with Crippen LogP contribution in [0.25, 0.3) is 0 Å². The lowest BCUT2D eigenvalue weighted by molar-refractivity contribution is -0.0110. The van der Waals surface area contributed by atoms with Crippen LogP contribution >= 0.6 is 0 Å². The number of ether oxygens (including phenoxy) is 2. The molecule has 2 saturated carbocycles. The van der Waals surface area contributed by atoms with Crippen LogP contribution in [-0.2, 0) is 16.5 Å². The van der Waals surface area contributed by atoms with Gasteiger partial charge in [-0.3, -0.25) is 9.59 Å². The Morgan fingerprint density at radius 3 is 2.35 bits per heavy atom. The van der Waals surface area contributed by atoms with Crippen molar-refractivity contribution >= 4 is 35.4 Å². The number of aromatic nitrogens is 1. The van der Waals surface area contributed by atoms with Gasteiger partial charge in [-0.2, -0.15) is 0 Å². The van der Waals surface area contributed by atoms with E-state index < -0.39 is 24.8 Å². The van der Waals surface area contributed by atoms with Crippen molar-refractivity contribution in [3.05, 3.63) is 82.2 Å². The fourth-order valence-corrected chi connectivity index (χ4v) is 4.63. The summed E-state index contributed by atoms with van der Waals surface area (Å²) in [6, 6.07) is 10.5. The average molecular weight is 588 g/mol. The highest BCUT2D eigenvalue weighted by Crippen LogP contribution is 2.31. The van der Waals surface area contributed by atoms with Crippen LogP contribution in [0.2, 0.25) is 0 Å². The third-order valence-corrected chi connectivity index (χ3v) is 7.34. The summed E-state index contributed by atoms with van der Waals surface area (Å²) in [5, 5.41) is 12.3. The minimum atomic E-state index is -0.936. The number of phenols is 1. The SMILES string of the molecule is Cc1ccc(C(=O)NC2CC2)cc1N=C(N)c1c(C)c(C(=O)N(C(=O)OCOC(=O)c2ccc(O)cc2)C2CC2)cn1C. The lowest BCUT2D eigenvalue weighted by atomic mass is 10.1. The predicted molar refractivity (Wildman–Crippen MR) is 156 cm³/mol. The van der Waals surface area contributed by atoms with Gasteiger partial charge < -0.3 is 30.2 Å². The Balaban J connectivity index is 1.30. The number of hydrogen-bond donors (Lipinski definition) is 3. The van der Waals surface area contributed by atoms with Gasteiger partial charge in [0.1, 0.15) is 11.6 Å². The number of nitrogens with two attached hydrogens (primary N) is 1. The Morgan fingerprint density at radius 1 is 1.02 bits per heavy atom. The van der Waals surface area contributed by atoms with E-state index in [2.05, 4.69) is 10.3 Å². The van der Waals surface area contributed by atoms with Crippen LogP contribution in [-0.4, -0.2) is 63.2 Å². The molecule has 2 fully saturated rings. The highest BCUT2D eigenvalue weighted by atomic mass is 16.7. The molecule has 12 nitrogen and oxygen atoms in total. The number of aliphatic imine (C=N–C) groups is 1. The molecule has 3 aromatic rings. The van der Waals surface area contributed by atoms with Crippen LogP contribution in [0.3, 0.4) is 0 Å². The normalized spacial score (nSPS) is 14.6. The molecule has 2 aliphatic carbocycles. The van der Waals surface area contributed by atoms with Gasteiger partial charge in [-0.1, -0.05) is 6.07 Å². The lowest BCUT2D eigenvalue weighted by Crippen LogP contribution is -2.39. The number of amides is 3. The Kier molecular flexibility index (Phi) is 8.20. The first-order valence-electron chi connectivity index (χ1n) is 13.9. The monoisotopic (exact) mass is 587 g/mol. The minimum Gasteiger partial charge on any atom is -0.508 e.